The number of aryl methyl sites for hydroxylation is 1. The largest absolute Gasteiger partial charge is 0.350 e. The average molecular weight is 264 g/mol. The van der Waals surface area contributed by atoms with Gasteiger partial charge in [0, 0.05) is 42.2 Å². The van der Waals surface area contributed by atoms with E-state index >= 15 is 0 Å². The molecule has 19 heavy (non-hydrogen) atoms. The number of halogens is 2. The highest BCUT2D eigenvalue weighted by Crippen LogP contribution is 2.42. The maximum Gasteiger partial charge on any atom is 0.279 e. The van der Waals surface area contributed by atoms with Crippen LogP contribution in [0, 0.1) is 5.92 Å². The summed E-state index contributed by atoms with van der Waals surface area (Å²) in [4.78, 5) is 0. The van der Waals surface area contributed by atoms with Gasteiger partial charge in [0.05, 0.1) is 0 Å². The third-order valence-corrected chi connectivity index (χ3v) is 4.07. The van der Waals surface area contributed by atoms with Crippen LogP contribution in [0.25, 0.3) is 10.9 Å². The van der Waals surface area contributed by atoms with Crippen molar-refractivity contribution in [3.05, 3.63) is 36.0 Å². The van der Waals surface area contributed by atoms with Gasteiger partial charge in [-0.1, -0.05) is 18.2 Å². The van der Waals surface area contributed by atoms with Crippen molar-refractivity contribution in [2.45, 2.75) is 18.8 Å². The van der Waals surface area contributed by atoms with Gasteiger partial charge in [-0.3, -0.25) is 0 Å². The van der Waals surface area contributed by atoms with Crippen molar-refractivity contribution < 1.29 is 8.78 Å². The predicted molar refractivity (Wildman–Crippen MR) is 72.4 cm³/mol. The molecule has 1 aliphatic rings. The third kappa shape index (κ3) is 2.04. The summed E-state index contributed by atoms with van der Waals surface area (Å²) < 4.78 is 31.2. The van der Waals surface area contributed by atoms with Crippen molar-refractivity contribution in [2.24, 2.45) is 13.0 Å². The number of hydrogen-bond donors (Lipinski definition) is 1. The summed E-state index contributed by atoms with van der Waals surface area (Å²) in [6.45, 7) is 1.25. The number of alkyl halides is 2. The summed E-state index contributed by atoms with van der Waals surface area (Å²) in [5.41, 5.74) is 1.03. The number of fused-ring (bicyclic) bond motifs is 1. The normalized spacial score (nSPS) is 20.9. The summed E-state index contributed by atoms with van der Waals surface area (Å²) in [5, 5.41) is 3.75. The van der Waals surface area contributed by atoms with E-state index in [-0.39, 0.29) is 5.56 Å². The number of aromatic nitrogens is 1. The van der Waals surface area contributed by atoms with Gasteiger partial charge in [0.15, 0.2) is 0 Å². The van der Waals surface area contributed by atoms with Crippen molar-refractivity contribution in [3.63, 3.8) is 0 Å². The molecule has 1 aromatic carbocycles. The molecule has 1 N–H and O–H groups in total. The number of nitrogens with one attached hydrogen (secondary N) is 1. The Kier molecular flexibility index (Phi) is 3.05. The van der Waals surface area contributed by atoms with E-state index in [1.807, 2.05) is 25.2 Å². The predicted octanol–water partition coefficient (Wildman–Crippen LogP) is 3.27. The molecule has 3 rings (SSSR count). The van der Waals surface area contributed by atoms with Gasteiger partial charge >= 0.3 is 0 Å². The van der Waals surface area contributed by atoms with E-state index in [2.05, 4.69) is 5.32 Å². The Labute approximate surface area is 111 Å². The molecular formula is C15H18F2N2. The molecule has 0 amide bonds. The zero-order chi connectivity index (χ0) is 13.5. The van der Waals surface area contributed by atoms with Gasteiger partial charge in [-0.15, -0.1) is 0 Å². The molecule has 0 saturated carbocycles. The van der Waals surface area contributed by atoms with Crippen molar-refractivity contribution in [3.8, 4) is 0 Å². The molecule has 2 heterocycles. The van der Waals surface area contributed by atoms with Crippen molar-refractivity contribution in [1.29, 1.82) is 0 Å². The second-order valence-corrected chi connectivity index (χ2v) is 5.34. The van der Waals surface area contributed by atoms with E-state index < -0.39 is 11.8 Å². The quantitative estimate of drug-likeness (QED) is 0.881. The monoisotopic (exact) mass is 264 g/mol. The molecule has 0 aliphatic carbocycles. The lowest BCUT2D eigenvalue weighted by Crippen LogP contribution is -2.39. The van der Waals surface area contributed by atoms with Crippen LogP contribution in [0.5, 0.6) is 0 Å². The highest BCUT2D eigenvalue weighted by Gasteiger charge is 2.43. The second kappa shape index (κ2) is 4.60. The lowest BCUT2D eigenvalue weighted by atomic mass is 9.88. The maximum absolute atomic E-state index is 14.7. The zero-order valence-electron chi connectivity index (χ0n) is 11.0. The molecule has 2 aromatic rings. The van der Waals surface area contributed by atoms with E-state index in [1.165, 1.54) is 0 Å². The summed E-state index contributed by atoms with van der Waals surface area (Å²) in [7, 11) is 1.82. The molecule has 1 unspecified atom stereocenters. The van der Waals surface area contributed by atoms with Crippen LogP contribution in [-0.4, -0.2) is 17.7 Å². The van der Waals surface area contributed by atoms with Crippen molar-refractivity contribution in [2.75, 3.05) is 13.1 Å². The maximum atomic E-state index is 14.7. The van der Waals surface area contributed by atoms with Crippen LogP contribution in [0.3, 0.4) is 0 Å². The van der Waals surface area contributed by atoms with Gasteiger partial charge in [0.2, 0.25) is 0 Å². The minimum Gasteiger partial charge on any atom is -0.350 e. The van der Waals surface area contributed by atoms with Crippen LogP contribution in [0.4, 0.5) is 8.78 Å². The highest BCUT2D eigenvalue weighted by molar-refractivity contribution is 5.84. The number of rotatable bonds is 2. The Morgan fingerprint density at radius 3 is 2.84 bits per heavy atom. The third-order valence-electron chi connectivity index (χ3n) is 4.07. The van der Waals surface area contributed by atoms with E-state index in [0.717, 1.165) is 18.5 Å². The fraction of sp³-hybridized carbons (Fsp3) is 0.467. The summed E-state index contributed by atoms with van der Waals surface area (Å²) in [6.07, 6.45) is 2.99. The Hall–Kier alpha value is -1.42. The number of hydrogen-bond acceptors (Lipinski definition) is 1. The van der Waals surface area contributed by atoms with E-state index in [1.54, 1.807) is 16.8 Å². The van der Waals surface area contributed by atoms with Crippen molar-refractivity contribution >= 4 is 10.9 Å². The Morgan fingerprint density at radius 2 is 2.11 bits per heavy atom. The van der Waals surface area contributed by atoms with Crippen LogP contribution in [-0.2, 0) is 13.0 Å². The smallest absolute Gasteiger partial charge is 0.279 e. The van der Waals surface area contributed by atoms with Crippen LogP contribution in [0.2, 0.25) is 0 Å². The van der Waals surface area contributed by atoms with Gasteiger partial charge < -0.3 is 9.88 Å². The minimum atomic E-state index is -2.77. The van der Waals surface area contributed by atoms with Crippen LogP contribution in [0.1, 0.15) is 18.4 Å². The SMILES string of the molecule is Cn1cc(C(F)(F)C2CCCNC2)c2ccccc21. The van der Waals surface area contributed by atoms with Crippen LogP contribution < -0.4 is 5.32 Å². The first-order valence-corrected chi connectivity index (χ1v) is 6.74. The molecule has 1 aromatic heterocycles. The highest BCUT2D eigenvalue weighted by atomic mass is 19.3. The van der Waals surface area contributed by atoms with E-state index in [9.17, 15) is 8.78 Å². The topological polar surface area (TPSA) is 17.0 Å². The Morgan fingerprint density at radius 1 is 1.32 bits per heavy atom. The minimum absolute atomic E-state index is 0.166. The number of para-hydroxylation sites is 1. The lowest BCUT2D eigenvalue weighted by molar-refractivity contribution is -0.0712. The molecule has 1 saturated heterocycles. The van der Waals surface area contributed by atoms with Gasteiger partial charge in [0.25, 0.3) is 5.92 Å². The summed E-state index contributed by atoms with van der Waals surface area (Å²) in [6, 6.07) is 7.37. The van der Waals surface area contributed by atoms with Gasteiger partial charge in [-0.2, -0.15) is 0 Å². The first-order chi connectivity index (χ1) is 9.10. The number of nitrogens with zero attached hydrogens (tertiary/aromatic N) is 1. The first kappa shape index (κ1) is 12.6. The Balaban J connectivity index is 2.07. The standard InChI is InChI=1S/C15H18F2N2/c1-19-10-13(12-6-2-3-7-14(12)19)15(16,17)11-5-4-8-18-9-11/h2-3,6-7,10-11,18H,4-5,8-9H2,1H3. The van der Waals surface area contributed by atoms with Gasteiger partial charge in [-0.25, -0.2) is 8.78 Å². The van der Waals surface area contributed by atoms with Crippen LogP contribution in [0.15, 0.2) is 30.5 Å². The molecule has 4 heteroatoms. The Bertz CT molecular complexity index is 583. The average Bonchev–Trinajstić information content (AvgIpc) is 2.79. The van der Waals surface area contributed by atoms with E-state index in [0.29, 0.717) is 18.4 Å². The molecule has 2 nitrogen and oxygen atoms in total. The fourth-order valence-electron chi connectivity index (χ4n) is 2.99. The molecule has 0 radical (unpaired) electrons. The summed E-state index contributed by atoms with van der Waals surface area (Å²) >= 11 is 0. The molecular weight excluding hydrogens is 246 g/mol. The molecule has 102 valence electrons. The van der Waals surface area contributed by atoms with Crippen LogP contribution >= 0.6 is 0 Å². The molecule has 0 bridgehead atoms. The fourth-order valence-corrected chi connectivity index (χ4v) is 2.99. The lowest BCUT2D eigenvalue weighted by Gasteiger charge is -2.30. The molecule has 1 atom stereocenters. The zero-order valence-corrected chi connectivity index (χ0v) is 11.0. The molecule has 1 aliphatic heterocycles. The summed E-state index contributed by atoms with van der Waals surface area (Å²) in [5.74, 6) is -3.37. The van der Waals surface area contributed by atoms with Gasteiger partial charge in [-0.05, 0) is 25.5 Å². The molecule has 0 spiro atoms. The molecule has 1 fully saturated rings. The second-order valence-electron chi connectivity index (χ2n) is 5.34. The first-order valence-electron chi connectivity index (χ1n) is 6.74. The van der Waals surface area contributed by atoms with Gasteiger partial charge in [0.1, 0.15) is 0 Å². The van der Waals surface area contributed by atoms with E-state index in [4.69, 9.17) is 0 Å². The number of piperidine rings is 1. The number of benzene rings is 1. The van der Waals surface area contributed by atoms with Crippen molar-refractivity contribution in [1.82, 2.24) is 9.88 Å².